The van der Waals surface area contributed by atoms with Crippen LogP contribution < -0.4 is 10.6 Å². The topological polar surface area (TPSA) is 42.9 Å². The molecule has 1 heterocycles. The molecule has 26 heavy (non-hydrogen) atoms. The van der Waals surface area contributed by atoms with Crippen molar-refractivity contribution in [2.45, 2.75) is 46.3 Å². The summed E-state index contributed by atoms with van der Waals surface area (Å²) in [5.41, 5.74) is 2.68. The van der Waals surface area contributed by atoms with Crippen molar-refractivity contribution in [3.8, 4) is 0 Å². The van der Waals surface area contributed by atoms with Gasteiger partial charge in [-0.25, -0.2) is 0 Å². The maximum absolute atomic E-state index is 4.28. The van der Waals surface area contributed by atoms with E-state index in [0.29, 0.717) is 6.04 Å². The number of halogens is 1. The predicted octanol–water partition coefficient (Wildman–Crippen LogP) is 2.91. The number of nitrogens with zero attached hydrogens (tertiary/aromatic N) is 3. The van der Waals surface area contributed by atoms with Gasteiger partial charge < -0.3 is 15.5 Å². The third-order valence-electron chi connectivity index (χ3n) is 5.02. The molecule has 148 valence electrons. The van der Waals surface area contributed by atoms with E-state index in [9.17, 15) is 0 Å². The Morgan fingerprint density at radius 1 is 1.04 bits per heavy atom. The molecule has 1 aliphatic heterocycles. The molecule has 1 aliphatic rings. The van der Waals surface area contributed by atoms with E-state index in [0.717, 1.165) is 25.5 Å². The first-order valence-electron chi connectivity index (χ1n) is 9.64. The van der Waals surface area contributed by atoms with E-state index in [1.165, 1.54) is 43.9 Å². The van der Waals surface area contributed by atoms with Gasteiger partial charge in [-0.05, 0) is 31.0 Å². The molecule has 2 N–H and O–H groups in total. The molecule has 0 radical (unpaired) electrons. The molecule has 0 amide bonds. The lowest BCUT2D eigenvalue weighted by Crippen LogP contribution is -2.45. The molecule has 5 nitrogen and oxygen atoms in total. The fourth-order valence-electron chi connectivity index (χ4n) is 3.00. The second kappa shape index (κ2) is 12.5. The summed E-state index contributed by atoms with van der Waals surface area (Å²) in [4.78, 5) is 9.36. The Labute approximate surface area is 176 Å². The number of benzene rings is 1. The van der Waals surface area contributed by atoms with Gasteiger partial charge in [0.2, 0.25) is 0 Å². The van der Waals surface area contributed by atoms with Crippen molar-refractivity contribution < 1.29 is 0 Å². The Bertz CT molecular complexity index is 524. The van der Waals surface area contributed by atoms with Crippen LogP contribution in [0.5, 0.6) is 0 Å². The minimum absolute atomic E-state index is 0. The van der Waals surface area contributed by atoms with Crippen LogP contribution in [-0.4, -0.2) is 61.6 Å². The van der Waals surface area contributed by atoms with Gasteiger partial charge in [0.1, 0.15) is 0 Å². The molecule has 1 unspecified atom stereocenters. The summed E-state index contributed by atoms with van der Waals surface area (Å²) >= 11 is 0. The molecule has 1 atom stereocenters. The molecule has 0 aliphatic carbocycles. The Kier molecular flexibility index (Phi) is 11.2. The number of rotatable bonds is 7. The minimum Gasteiger partial charge on any atom is -0.354 e. The van der Waals surface area contributed by atoms with Crippen LogP contribution in [0.3, 0.4) is 0 Å². The van der Waals surface area contributed by atoms with E-state index in [1.807, 2.05) is 7.05 Å². The van der Waals surface area contributed by atoms with Crippen LogP contribution in [0.25, 0.3) is 0 Å². The first-order chi connectivity index (χ1) is 12.1. The molecule has 1 aromatic carbocycles. The maximum Gasteiger partial charge on any atom is 0.191 e. The summed E-state index contributed by atoms with van der Waals surface area (Å²) in [7, 11) is 1.82. The van der Waals surface area contributed by atoms with Crippen molar-refractivity contribution in [3.05, 3.63) is 35.4 Å². The highest BCUT2D eigenvalue weighted by Gasteiger charge is 2.15. The van der Waals surface area contributed by atoms with Crippen LogP contribution in [0, 0.1) is 0 Å². The van der Waals surface area contributed by atoms with Crippen LogP contribution in [0.2, 0.25) is 0 Å². The van der Waals surface area contributed by atoms with E-state index in [4.69, 9.17) is 0 Å². The van der Waals surface area contributed by atoms with Crippen LogP contribution in [0.1, 0.15) is 38.3 Å². The second-order valence-corrected chi connectivity index (χ2v) is 6.91. The van der Waals surface area contributed by atoms with Crippen molar-refractivity contribution in [3.63, 3.8) is 0 Å². The SMILES string of the molecule is CCC(C)NC(=NC)NCc1ccc(CN2CCN(CC)CC2)cc1.I. The molecular formula is C20H36IN5. The summed E-state index contributed by atoms with van der Waals surface area (Å²) in [6, 6.07) is 9.39. The summed E-state index contributed by atoms with van der Waals surface area (Å²) < 4.78 is 0. The van der Waals surface area contributed by atoms with Crippen LogP contribution >= 0.6 is 24.0 Å². The van der Waals surface area contributed by atoms with E-state index < -0.39 is 0 Å². The zero-order valence-electron chi connectivity index (χ0n) is 16.8. The van der Waals surface area contributed by atoms with Crippen LogP contribution in [0.15, 0.2) is 29.3 Å². The lowest BCUT2D eigenvalue weighted by molar-refractivity contribution is 0.132. The van der Waals surface area contributed by atoms with E-state index >= 15 is 0 Å². The minimum atomic E-state index is 0. The zero-order chi connectivity index (χ0) is 18.1. The number of nitrogens with one attached hydrogen (secondary N) is 2. The van der Waals surface area contributed by atoms with Crippen molar-refractivity contribution in [1.82, 2.24) is 20.4 Å². The third kappa shape index (κ3) is 7.80. The molecule has 2 rings (SSSR count). The molecule has 6 heteroatoms. The molecule has 0 spiro atoms. The highest BCUT2D eigenvalue weighted by molar-refractivity contribution is 14.0. The van der Waals surface area contributed by atoms with Gasteiger partial charge in [-0.2, -0.15) is 0 Å². The van der Waals surface area contributed by atoms with Gasteiger partial charge in [-0.1, -0.05) is 38.1 Å². The second-order valence-electron chi connectivity index (χ2n) is 6.91. The molecule has 1 saturated heterocycles. The highest BCUT2D eigenvalue weighted by atomic mass is 127. The summed E-state index contributed by atoms with van der Waals surface area (Å²) in [5.74, 6) is 0.868. The average molecular weight is 473 g/mol. The fourth-order valence-corrected chi connectivity index (χ4v) is 3.00. The van der Waals surface area contributed by atoms with Crippen molar-refractivity contribution in [2.24, 2.45) is 4.99 Å². The van der Waals surface area contributed by atoms with Gasteiger partial charge in [-0.3, -0.25) is 9.89 Å². The third-order valence-corrected chi connectivity index (χ3v) is 5.02. The normalized spacial score (nSPS) is 17.5. The number of hydrogen-bond acceptors (Lipinski definition) is 3. The van der Waals surface area contributed by atoms with Crippen LogP contribution in [-0.2, 0) is 13.1 Å². The van der Waals surface area contributed by atoms with E-state index in [-0.39, 0.29) is 24.0 Å². The Morgan fingerprint density at radius 3 is 2.15 bits per heavy atom. The van der Waals surface area contributed by atoms with Crippen LogP contribution in [0.4, 0.5) is 0 Å². The monoisotopic (exact) mass is 473 g/mol. The molecular weight excluding hydrogens is 437 g/mol. The molecule has 1 aromatic rings. The molecule has 0 bridgehead atoms. The number of hydrogen-bond donors (Lipinski definition) is 2. The first-order valence-corrected chi connectivity index (χ1v) is 9.64. The largest absolute Gasteiger partial charge is 0.354 e. The lowest BCUT2D eigenvalue weighted by atomic mass is 10.1. The molecule has 0 aromatic heterocycles. The van der Waals surface area contributed by atoms with Crippen molar-refractivity contribution in [1.29, 1.82) is 0 Å². The first kappa shape index (κ1) is 23.2. The standard InChI is InChI=1S/C20H35N5.HI/c1-5-17(3)23-20(21-4)22-15-18-7-9-19(10-8-18)16-25-13-11-24(6-2)12-14-25;/h7-10,17H,5-6,11-16H2,1-4H3,(H2,21,22,23);1H. The summed E-state index contributed by atoms with van der Waals surface area (Å²) in [6.07, 6.45) is 1.09. The average Bonchev–Trinajstić information content (AvgIpc) is 2.66. The number of guanidine groups is 1. The summed E-state index contributed by atoms with van der Waals surface area (Å²) in [6.45, 7) is 14.4. The molecule has 1 fully saturated rings. The van der Waals surface area contributed by atoms with Gasteiger partial charge >= 0.3 is 0 Å². The van der Waals surface area contributed by atoms with Gasteiger partial charge in [-0.15, -0.1) is 24.0 Å². The quantitative estimate of drug-likeness (QED) is 0.363. The molecule has 0 saturated carbocycles. The van der Waals surface area contributed by atoms with E-state index in [1.54, 1.807) is 0 Å². The maximum atomic E-state index is 4.28. The number of piperazine rings is 1. The Balaban J connectivity index is 0.00000338. The van der Waals surface area contributed by atoms with Crippen molar-refractivity contribution >= 4 is 29.9 Å². The number of likely N-dealkylation sites (N-methyl/N-ethyl adjacent to an activating group) is 1. The highest BCUT2D eigenvalue weighted by Crippen LogP contribution is 2.10. The predicted molar refractivity (Wildman–Crippen MR) is 122 cm³/mol. The van der Waals surface area contributed by atoms with Crippen molar-refractivity contribution in [2.75, 3.05) is 39.8 Å². The summed E-state index contributed by atoms with van der Waals surface area (Å²) in [5, 5.41) is 6.77. The van der Waals surface area contributed by atoms with Gasteiger partial charge in [0, 0.05) is 52.4 Å². The Hall–Kier alpha value is -0.860. The zero-order valence-corrected chi connectivity index (χ0v) is 19.1. The lowest BCUT2D eigenvalue weighted by Gasteiger charge is -2.34. The van der Waals surface area contributed by atoms with Gasteiger partial charge in [0.05, 0.1) is 0 Å². The number of aliphatic imine (C=N–C) groups is 1. The fraction of sp³-hybridized carbons (Fsp3) is 0.650. The Morgan fingerprint density at radius 2 is 1.62 bits per heavy atom. The smallest absolute Gasteiger partial charge is 0.191 e. The van der Waals surface area contributed by atoms with Gasteiger partial charge in [0.25, 0.3) is 0 Å². The van der Waals surface area contributed by atoms with Gasteiger partial charge in [0.15, 0.2) is 5.96 Å². The van der Waals surface area contributed by atoms with E-state index in [2.05, 4.69) is 70.5 Å².